The molecule has 106 valence electrons. The Bertz CT molecular complexity index is 634. The van der Waals surface area contributed by atoms with Gasteiger partial charge in [0.2, 0.25) is 0 Å². The van der Waals surface area contributed by atoms with Gasteiger partial charge in [-0.05, 0) is 18.6 Å². The van der Waals surface area contributed by atoms with E-state index in [0.717, 1.165) is 12.8 Å². The van der Waals surface area contributed by atoms with E-state index in [9.17, 15) is 9.18 Å². The molecule has 4 nitrogen and oxygen atoms in total. The zero-order valence-corrected chi connectivity index (χ0v) is 11.9. The third-order valence-electron chi connectivity index (χ3n) is 2.71. The summed E-state index contributed by atoms with van der Waals surface area (Å²) in [5.74, 6) is -0.210. The largest absolute Gasteiger partial charge is 0.481 e. The van der Waals surface area contributed by atoms with E-state index in [2.05, 4.69) is 9.97 Å². The summed E-state index contributed by atoms with van der Waals surface area (Å²) in [5, 5.41) is 9.58. The van der Waals surface area contributed by atoms with Gasteiger partial charge in [-0.1, -0.05) is 13.0 Å². The molecule has 0 radical (unpaired) electrons. The summed E-state index contributed by atoms with van der Waals surface area (Å²) >= 11 is 1.26. The second-order valence-corrected chi connectivity index (χ2v) is 5.40. The number of thioether (sulfide) groups is 1. The van der Waals surface area contributed by atoms with E-state index in [-0.39, 0.29) is 12.2 Å². The molecule has 0 atom stereocenters. The first-order valence-electron chi connectivity index (χ1n) is 6.41. The Hall–Kier alpha value is -1.69. The summed E-state index contributed by atoms with van der Waals surface area (Å²) in [6.45, 7) is 2.02. The summed E-state index contributed by atoms with van der Waals surface area (Å²) in [6, 6.07) is 4.74. The maximum Gasteiger partial charge on any atom is 0.304 e. The molecule has 0 fully saturated rings. The number of hydrogen-bond donors (Lipinski definition) is 1. The number of carbonyl (C=O) groups is 1. The molecule has 0 aliphatic carbocycles. The topological polar surface area (TPSA) is 63.1 Å². The van der Waals surface area contributed by atoms with Crippen LogP contribution in [0.1, 0.15) is 25.6 Å². The maximum atomic E-state index is 13.9. The van der Waals surface area contributed by atoms with E-state index in [1.807, 2.05) is 6.92 Å². The van der Waals surface area contributed by atoms with Gasteiger partial charge in [0.25, 0.3) is 0 Å². The van der Waals surface area contributed by atoms with Crippen molar-refractivity contribution in [2.24, 2.45) is 0 Å². The lowest BCUT2D eigenvalue weighted by atomic mass is 10.2. The second-order valence-electron chi connectivity index (χ2n) is 4.32. The lowest BCUT2D eigenvalue weighted by Crippen LogP contribution is -2.01. The number of hydrogen-bond acceptors (Lipinski definition) is 4. The van der Waals surface area contributed by atoms with Crippen molar-refractivity contribution in [2.75, 3.05) is 5.75 Å². The lowest BCUT2D eigenvalue weighted by Gasteiger charge is -2.08. The highest BCUT2D eigenvalue weighted by Crippen LogP contribution is 2.28. The predicted molar refractivity (Wildman–Crippen MR) is 76.5 cm³/mol. The van der Waals surface area contributed by atoms with Crippen LogP contribution in [-0.4, -0.2) is 26.8 Å². The summed E-state index contributed by atoms with van der Waals surface area (Å²) in [7, 11) is 0. The quantitative estimate of drug-likeness (QED) is 0.654. The van der Waals surface area contributed by atoms with Crippen molar-refractivity contribution in [3.63, 3.8) is 0 Å². The van der Waals surface area contributed by atoms with Crippen molar-refractivity contribution < 1.29 is 14.3 Å². The highest BCUT2D eigenvalue weighted by Gasteiger charge is 2.12. The van der Waals surface area contributed by atoms with E-state index in [4.69, 9.17) is 5.11 Å². The molecule has 0 saturated carbocycles. The minimum atomic E-state index is -0.870. The minimum Gasteiger partial charge on any atom is -0.481 e. The molecule has 0 aliphatic heterocycles. The van der Waals surface area contributed by atoms with E-state index in [0.29, 0.717) is 27.5 Å². The molecule has 2 aromatic rings. The summed E-state index contributed by atoms with van der Waals surface area (Å²) in [4.78, 5) is 19.3. The lowest BCUT2D eigenvalue weighted by molar-refractivity contribution is -0.136. The van der Waals surface area contributed by atoms with Gasteiger partial charge in [0.05, 0.1) is 17.3 Å². The van der Waals surface area contributed by atoms with Gasteiger partial charge >= 0.3 is 5.97 Å². The molecular weight excluding hydrogens is 279 g/mol. The fraction of sp³-hybridized carbons (Fsp3) is 0.357. The van der Waals surface area contributed by atoms with Gasteiger partial charge in [-0.3, -0.25) is 4.79 Å². The van der Waals surface area contributed by atoms with Gasteiger partial charge in [-0.25, -0.2) is 14.4 Å². The number of halogens is 1. The molecule has 0 unspecified atom stereocenters. The highest BCUT2D eigenvalue weighted by atomic mass is 32.2. The van der Waals surface area contributed by atoms with E-state index in [1.54, 1.807) is 12.1 Å². The number of aliphatic carboxylic acids is 1. The van der Waals surface area contributed by atoms with Gasteiger partial charge in [0.1, 0.15) is 16.7 Å². The van der Waals surface area contributed by atoms with Crippen molar-refractivity contribution in [1.29, 1.82) is 0 Å². The summed E-state index contributed by atoms with van der Waals surface area (Å²) < 4.78 is 13.9. The average Bonchev–Trinajstić information content (AvgIpc) is 2.38. The molecule has 0 bridgehead atoms. The van der Waals surface area contributed by atoms with Gasteiger partial charge in [0.15, 0.2) is 0 Å². The van der Waals surface area contributed by atoms with Crippen molar-refractivity contribution >= 4 is 28.6 Å². The van der Waals surface area contributed by atoms with E-state index < -0.39 is 5.97 Å². The van der Waals surface area contributed by atoms with Crippen LogP contribution in [0.5, 0.6) is 0 Å². The monoisotopic (exact) mass is 294 g/mol. The summed E-state index contributed by atoms with van der Waals surface area (Å²) in [5.41, 5.74) is 0.571. The van der Waals surface area contributed by atoms with Crippen molar-refractivity contribution in [3.8, 4) is 0 Å². The standard InChI is InChI=1S/C14H15FN2O2S/c1-2-4-11-16-10-6-3-5-9(15)13(10)14(17-11)20-8-7-12(18)19/h3,5-6H,2,4,7-8H2,1H3,(H,18,19). The van der Waals surface area contributed by atoms with Crippen molar-refractivity contribution in [2.45, 2.75) is 31.2 Å². The fourth-order valence-electron chi connectivity index (χ4n) is 1.83. The second kappa shape index (κ2) is 6.65. The Morgan fingerprint density at radius 2 is 2.20 bits per heavy atom. The third-order valence-corrected chi connectivity index (χ3v) is 3.69. The number of nitrogens with zero attached hydrogens (tertiary/aromatic N) is 2. The highest BCUT2D eigenvalue weighted by molar-refractivity contribution is 7.99. The Labute approximate surface area is 120 Å². The van der Waals surface area contributed by atoms with Crippen LogP contribution in [0.4, 0.5) is 4.39 Å². The number of carboxylic acid groups (broad SMARTS) is 1. The molecular formula is C14H15FN2O2S. The molecule has 0 saturated heterocycles. The maximum absolute atomic E-state index is 13.9. The fourth-order valence-corrected chi connectivity index (χ4v) is 2.82. The van der Waals surface area contributed by atoms with Crippen LogP contribution in [0, 0.1) is 5.82 Å². The first-order chi connectivity index (χ1) is 9.61. The number of fused-ring (bicyclic) bond motifs is 1. The molecule has 20 heavy (non-hydrogen) atoms. The van der Waals surface area contributed by atoms with Crippen LogP contribution in [0.3, 0.4) is 0 Å². The molecule has 1 aromatic heterocycles. The van der Waals surface area contributed by atoms with E-state index >= 15 is 0 Å². The first kappa shape index (κ1) is 14.7. The molecule has 1 aromatic carbocycles. The summed E-state index contributed by atoms with van der Waals surface area (Å²) in [6.07, 6.45) is 1.65. The van der Waals surface area contributed by atoms with Crippen LogP contribution < -0.4 is 0 Å². The molecule has 0 spiro atoms. The molecule has 2 rings (SSSR count). The number of benzene rings is 1. The molecule has 0 amide bonds. The normalized spacial score (nSPS) is 10.9. The Kier molecular flexibility index (Phi) is 4.89. The Balaban J connectivity index is 2.39. The SMILES string of the molecule is CCCc1nc(SCCC(=O)O)c2c(F)cccc2n1. The zero-order valence-electron chi connectivity index (χ0n) is 11.1. The molecule has 1 N–H and O–H groups in total. The van der Waals surface area contributed by atoms with Crippen LogP contribution in [0.2, 0.25) is 0 Å². The van der Waals surface area contributed by atoms with Crippen molar-refractivity contribution in [1.82, 2.24) is 9.97 Å². The van der Waals surface area contributed by atoms with Gasteiger partial charge in [0, 0.05) is 12.2 Å². The average molecular weight is 294 g/mol. The van der Waals surface area contributed by atoms with Crippen LogP contribution in [0.25, 0.3) is 10.9 Å². The van der Waals surface area contributed by atoms with Crippen LogP contribution >= 0.6 is 11.8 Å². The molecule has 0 aliphatic rings. The minimum absolute atomic E-state index is 0.0216. The molecule has 6 heteroatoms. The number of rotatable bonds is 6. The third kappa shape index (κ3) is 3.45. The Morgan fingerprint density at radius 1 is 1.40 bits per heavy atom. The first-order valence-corrected chi connectivity index (χ1v) is 7.40. The van der Waals surface area contributed by atoms with Gasteiger partial charge < -0.3 is 5.11 Å². The van der Waals surface area contributed by atoms with Crippen LogP contribution in [-0.2, 0) is 11.2 Å². The van der Waals surface area contributed by atoms with Gasteiger partial charge in [-0.15, -0.1) is 11.8 Å². The molecule has 1 heterocycles. The number of aromatic nitrogens is 2. The zero-order chi connectivity index (χ0) is 14.5. The Morgan fingerprint density at radius 3 is 2.90 bits per heavy atom. The van der Waals surface area contributed by atoms with Crippen molar-refractivity contribution in [3.05, 3.63) is 29.8 Å². The van der Waals surface area contributed by atoms with Gasteiger partial charge in [-0.2, -0.15) is 0 Å². The number of aryl methyl sites for hydroxylation is 1. The number of carboxylic acids is 1. The van der Waals surface area contributed by atoms with E-state index in [1.165, 1.54) is 17.8 Å². The van der Waals surface area contributed by atoms with Crippen LogP contribution in [0.15, 0.2) is 23.2 Å². The smallest absolute Gasteiger partial charge is 0.304 e. The predicted octanol–water partition coefficient (Wildman–Crippen LogP) is 3.29.